The molecule has 4 rings (SSSR count). The molecule has 1 atom stereocenters. The van der Waals surface area contributed by atoms with Gasteiger partial charge in [-0.2, -0.15) is 0 Å². The van der Waals surface area contributed by atoms with Crippen LogP contribution >= 0.6 is 0 Å². The molecular formula is C26H29N5O5. The van der Waals surface area contributed by atoms with Gasteiger partial charge < -0.3 is 24.5 Å². The Morgan fingerprint density at radius 1 is 1.17 bits per heavy atom. The Kier molecular flexibility index (Phi) is 7.65. The summed E-state index contributed by atoms with van der Waals surface area (Å²) in [5.41, 5.74) is 2.41. The molecule has 1 aliphatic heterocycles. The molecule has 2 amide bonds. The van der Waals surface area contributed by atoms with Crippen molar-refractivity contribution in [2.45, 2.75) is 19.1 Å². The fraction of sp³-hybridized carbons (Fsp3) is 0.308. The van der Waals surface area contributed by atoms with Crippen molar-refractivity contribution in [1.29, 1.82) is 0 Å². The smallest absolute Gasteiger partial charge is 0.407 e. The number of rotatable bonds is 8. The van der Waals surface area contributed by atoms with Gasteiger partial charge >= 0.3 is 11.8 Å². The molecule has 0 aliphatic carbocycles. The second-order valence-electron chi connectivity index (χ2n) is 8.70. The first-order valence-electron chi connectivity index (χ1n) is 11.7. The summed E-state index contributed by atoms with van der Waals surface area (Å²) >= 11 is 0. The number of carbonyl (C=O) groups is 2. The monoisotopic (exact) mass is 491 g/mol. The molecule has 0 radical (unpaired) electrons. The van der Waals surface area contributed by atoms with E-state index in [2.05, 4.69) is 9.97 Å². The van der Waals surface area contributed by atoms with Crippen LogP contribution in [0.25, 0.3) is 0 Å². The van der Waals surface area contributed by atoms with Crippen LogP contribution in [0.4, 0.5) is 16.3 Å². The summed E-state index contributed by atoms with van der Waals surface area (Å²) in [6.07, 6.45) is 0.547. The lowest BCUT2D eigenvalue weighted by Gasteiger charge is -2.23. The number of anilines is 2. The van der Waals surface area contributed by atoms with Gasteiger partial charge in [-0.3, -0.25) is 9.78 Å². The molecular weight excluding hydrogens is 462 g/mol. The molecule has 0 bridgehead atoms. The molecule has 0 saturated carbocycles. The topological polar surface area (TPSA) is 119 Å². The maximum absolute atomic E-state index is 13.3. The Bertz CT molecular complexity index is 1280. The predicted molar refractivity (Wildman–Crippen MR) is 135 cm³/mol. The number of ether oxygens (including phenoxy) is 1. The van der Waals surface area contributed by atoms with Crippen LogP contribution in [-0.2, 0) is 11.3 Å². The van der Waals surface area contributed by atoms with E-state index in [1.165, 1.54) is 18.1 Å². The number of carbonyl (C=O) groups excluding carboxylic acids is 1. The van der Waals surface area contributed by atoms with Crippen LogP contribution in [0.5, 0.6) is 0 Å². The highest BCUT2D eigenvalue weighted by Gasteiger charge is 2.27. The molecule has 0 unspecified atom stereocenters. The van der Waals surface area contributed by atoms with Crippen molar-refractivity contribution < 1.29 is 19.4 Å². The maximum Gasteiger partial charge on any atom is 0.407 e. The van der Waals surface area contributed by atoms with Crippen LogP contribution in [0.15, 0.2) is 65.6 Å². The first-order valence-corrected chi connectivity index (χ1v) is 11.7. The number of benzene rings is 2. The number of fused-ring (bicyclic) bond motifs is 1. The zero-order valence-electron chi connectivity index (χ0n) is 20.3. The van der Waals surface area contributed by atoms with E-state index in [1.54, 1.807) is 4.90 Å². The van der Waals surface area contributed by atoms with E-state index in [0.717, 1.165) is 16.8 Å². The molecule has 10 heteroatoms. The zero-order chi connectivity index (χ0) is 25.7. The van der Waals surface area contributed by atoms with Gasteiger partial charge in [-0.05, 0) is 29.7 Å². The fourth-order valence-corrected chi connectivity index (χ4v) is 4.13. The average molecular weight is 492 g/mol. The Morgan fingerprint density at radius 3 is 2.69 bits per heavy atom. The van der Waals surface area contributed by atoms with Gasteiger partial charge in [-0.15, -0.1) is 0 Å². The zero-order valence-corrected chi connectivity index (χ0v) is 20.3. The predicted octanol–water partition coefficient (Wildman–Crippen LogP) is 3.12. The van der Waals surface area contributed by atoms with Crippen LogP contribution in [0.3, 0.4) is 0 Å². The van der Waals surface area contributed by atoms with Gasteiger partial charge in [-0.25, -0.2) is 14.6 Å². The Labute approximate surface area is 208 Å². The largest absolute Gasteiger partial charge is 0.465 e. The molecule has 0 spiro atoms. The standard InChI is InChI=1S/C26H29N5O5/c1-29-13-14-31(24(32)21-16-27-25(33)28-23(21)29)20-10-6-7-18(15-20)17-36-22(11-12-30(2)26(34)35)19-8-4-3-5-9-19/h3-10,15-16,22H,11-14,17H2,1-2H3,(H,34,35)(H,27,28,33)/t22-/m1/s1. The van der Waals surface area contributed by atoms with Crippen LogP contribution in [0, 0.1) is 0 Å². The minimum absolute atomic E-state index is 0.241. The minimum atomic E-state index is -0.983. The third-order valence-corrected chi connectivity index (χ3v) is 6.21. The van der Waals surface area contributed by atoms with Crippen molar-refractivity contribution >= 4 is 23.5 Å². The first-order chi connectivity index (χ1) is 17.3. The lowest BCUT2D eigenvalue weighted by Crippen LogP contribution is -2.33. The molecule has 2 heterocycles. The van der Waals surface area contributed by atoms with Gasteiger partial charge in [0, 0.05) is 45.6 Å². The minimum Gasteiger partial charge on any atom is -0.465 e. The third kappa shape index (κ3) is 5.72. The molecule has 36 heavy (non-hydrogen) atoms. The number of nitrogens with one attached hydrogen (secondary N) is 1. The van der Waals surface area contributed by atoms with Crippen molar-refractivity contribution in [3.63, 3.8) is 0 Å². The highest BCUT2D eigenvalue weighted by atomic mass is 16.5. The number of nitrogens with zero attached hydrogens (tertiary/aromatic N) is 4. The Balaban J connectivity index is 1.51. The van der Waals surface area contributed by atoms with Gasteiger partial charge in [-0.1, -0.05) is 42.5 Å². The second kappa shape index (κ2) is 11.0. The van der Waals surface area contributed by atoms with Crippen molar-refractivity contribution in [2.24, 2.45) is 0 Å². The summed E-state index contributed by atoms with van der Waals surface area (Å²) in [6, 6.07) is 17.3. The molecule has 1 aromatic heterocycles. The number of carboxylic acid groups (broad SMARTS) is 1. The number of amides is 2. The number of H-pyrrole nitrogens is 1. The average Bonchev–Trinajstić information content (AvgIpc) is 3.00. The fourth-order valence-electron chi connectivity index (χ4n) is 4.13. The van der Waals surface area contributed by atoms with Crippen LogP contribution in [0.1, 0.15) is 34.0 Å². The number of hydrogen-bond donors (Lipinski definition) is 2. The number of likely N-dealkylation sites (N-methyl/N-ethyl adjacent to an activating group) is 1. The maximum atomic E-state index is 13.3. The van der Waals surface area contributed by atoms with Gasteiger partial charge in [0.25, 0.3) is 5.91 Å². The molecule has 2 N–H and O–H groups in total. The molecule has 3 aromatic rings. The molecule has 10 nitrogen and oxygen atoms in total. The second-order valence-corrected chi connectivity index (χ2v) is 8.70. The lowest BCUT2D eigenvalue weighted by atomic mass is 10.1. The quantitative estimate of drug-likeness (QED) is 0.497. The van der Waals surface area contributed by atoms with E-state index in [0.29, 0.717) is 37.4 Å². The van der Waals surface area contributed by atoms with Crippen LogP contribution in [-0.4, -0.2) is 65.7 Å². The third-order valence-electron chi connectivity index (χ3n) is 6.21. The highest BCUT2D eigenvalue weighted by molar-refractivity contribution is 6.09. The summed E-state index contributed by atoms with van der Waals surface area (Å²) in [5.74, 6) is 0.217. The van der Waals surface area contributed by atoms with Crippen molar-refractivity contribution in [1.82, 2.24) is 14.9 Å². The van der Waals surface area contributed by atoms with E-state index in [-0.39, 0.29) is 18.6 Å². The van der Waals surface area contributed by atoms with Crippen LogP contribution in [0.2, 0.25) is 0 Å². The van der Waals surface area contributed by atoms with E-state index in [4.69, 9.17) is 4.74 Å². The number of hydrogen-bond acceptors (Lipinski definition) is 6. The van der Waals surface area contributed by atoms with Gasteiger partial charge in [0.1, 0.15) is 5.82 Å². The van der Waals surface area contributed by atoms with E-state index >= 15 is 0 Å². The summed E-state index contributed by atoms with van der Waals surface area (Å²) in [7, 11) is 3.36. The van der Waals surface area contributed by atoms with Gasteiger partial charge in [0.2, 0.25) is 0 Å². The van der Waals surface area contributed by atoms with Crippen molar-refractivity contribution in [3.05, 3.63) is 88.0 Å². The Hall–Kier alpha value is -4.18. The van der Waals surface area contributed by atoms with E-state index < -0.39 is 11.8 Å². The normalized spacial score (nSPS) is 14.2. The molecule has 2 aromatic carbocycles. The Morgan fingerprint density at radius 2 is 1.94 bits per heavy atom. The SMILES string of the molecule is CN(CC[C@@H](OCc1cccc(N2CCN(C)c3[nH]c(=O)ncc3C2=O)c1)c1ccccc1)C(=O)O. The molecule has 188 valence electrons. The summed E-state index contributed by atoms with van der Waals surface area (Å²) in [5, 5.41) is 9.19. The highest BCUT2D eigenvalue weighted by Crippen LogP contribution is 2.27. The summed E-state index contributed by atoms with van der Waals surface area (Å²) < 4.78 is 6.24. The van der Waals surface area contributed by atoms with E-state index in [9.17, 15) is 19.5 Å². The van der Waals surface area contributed by atoms with Crippen LogP contribution < -0.4 is 15.5 Å². The van der Waals surface area contributed by atoms with Crippen molar-refractivity contribution in [3.8, 4) is 0 Å². The lowest BCUT2D eigenvalue weighted by molar-refractivity contribution is 0.0288. The summed E-state index contributed by atoms with van der Waals surface area (Å²) in [6.45, 7) is 1.59. The van der Waals surface area contributed by atoms with E-state index in [1.807, 2.05) is 66.5 Å². The number of aromatic nitrogens is 2. The molecule has 0 fully saturated rings. The molecule has 1 aliphatic rings. The first kappa shape index (κ1) is 24.9. The summed E-state index contributed by atoms with van der Waals surface area (Å²) in [4.78, 5) is 47.3. The number of aromatic amines is 1. The molecule has 0 saturated heterocycles. The van der Waals surface area contributed by atoms with Gasteiger partial charge in [0.15, 0.2) is 0 Å². The van der Waals surface area contributed by atoms with Crippen molar-refractivity contribution in [2.75, 3.05) is 43.5 Å². The van der Waals surface area contributed by atoms with Gasteiger partial charge in [0.05, 0.1) is 18.3 Å².